The van der Waals surface area contributed by atoms with Gasteiger partial charge in [-0.2, -0.15) is 0 Å². The summed E-state index contributed by atoms with van der Waals surface area (Å²) in [6.45, 7) is 4.05. The summed E-state index contributed by atoms with van der Waals surface area (Å²) < 4.78 is 5.35. The van der Waals surface area contributed by atoms with Crippen molar-refractivity contribution in [2.24, 2.45) is 5.92 Å². The molecule has 1 aliphatic rings. The van der Waals surface area contributed by atoms with Crippen molar-refractivity contribution in [1.29, 1.82) is 0 Å². The largest absolute Gasteiger partial charge is 0.492 e. The van der Waals surface area contributed by atoms with Gasteiger partial charge in [0.15, 0.2) is 11.5 Å². The Balaban J connectivity index is 2.14. The van der Waals surface area contributed by atoms with Crippen LogP contribution in [0.5, 0.6) is 5.75 Å². The number of hydrogen-bond donors (Lipinski definition) is 2. The van der Waals surface area contributed by atoms with Crippen LogP contribution in [0.4, 0.5) is 10.7 Å². The lowest BCUT2D eigenvalue weighted by molar-refractivity contribution is 0.0992. The van der Waals surface area contributed by atoms with Crippen molar-refractivity contribution in [2.45, 2.75) is 45.6 Å². The number of nitrogen functional groups attached to an aromatic ring is 1. The summed E-state index contributed by atoms with van der Waals surface area (Å²) in [4.78, 5) is 12.5. The molecule has 19 heavy (non-hydrogen) atoms. The Hall–Kier alpha value is -1.23. The molecule has 1 heterocycles. The molecule has 1 aliphatic carbocycles. The highest BCUT2D eigenvalue weighted by Gasteiger charge is 2.37. The number of rotatable bonds is 7. The number of carbonyl (C=O) groups excluding carboxylic acids is 1. The maximum Gasteiger partial charge on any atom is 0.176 e. The lowest BCUT2D eigenvalue weighted by atomic mass is 10.2. The van der Waals surface area contributed by atoms with E-state index >= 15 is 0 Å². The molecular formula is C14H22N2O2S. The average molecular weight is 282 g/mol. The summed E-state index contributed by atoms with van der Waals surface area (Å²) in [6.07, 6.45) is 4.13. The number of ether oxygens (including phenoxy) is 1. The molecular weight excluding hydrogens is 260 g/mol. The summed E-state index contributed by atoms with van der Waals surface area (Å²) in [5.41, 5.74) is 6.49. The van der Waals surface area contributed by atoms with Gasteiger partial charge in [-0.1, -0.05) is 20.3 Å². The van der Waals surface area contributed by atoms with Crippen molar-refractivity contribution in [2.75, 3.05) is 18.2 Å². The lowest BCUT2D eigenvalue weighted by Crippen LogP contribution is -2.04. The van der Waals surface area contributed by atoms with Crippen LogP contribution < -0.4 is 15.8 Å². The van der Waals surface area contributed by atoms with Gasteiger partial charge in [-0.25, -0.2) is 0 Å². The van der Waals surface area contributed by atoms with E-state index in [-0.39, 0.29) is 5.78 Å². The van der Waals surface area contributed by atoms with Gasteiger partial charge in [0, 0.05) is 12.5 Å². The molecule has 1 saturated carbocycles. The molecule has 1 aromatic heterocycles. The van der Waals surface area contributed by atoms with E-state index in [0.29, 0.717) is 28.8 Å². The molecule has 3 N–H and O–H groups in total. The van der Waals surface area contributed by atoms with Crippen molar-refractivity contribution in [3.63, 3.8) is 0 Å². The Morgan fingerprint density at radius 2 is 2.26 bits per heavy atom. The number of hydrogen-bond acceptors (Lipinski definition) is 5. The normalized spacial score (nSPS) is 21.2. The number of nitrogens with one attached hydrogen (secondary N) is 1. The second-order valence-electron chi connectivity index (χ2n) is 5.02. The first-order chi connectivity index (χ1) is 9.12. The molecule has 1 fully saturated rings. The SMILES string of the molecule is CCCC1CC1Nc1sc(C(=O)CC)c(N)c1OC. The molecule has 2 rings (SSSR count). The van der Waals surface area contributed by atoms with Crippen LogP contribution in [0.1, 0.15) is 49.2 Å². The van der Waals surface area contributed by atoms with Crippen LogP contribution in [0.2, 0.25) is 0 Å². The molecule has 1 aromatic rings. The van der Waals surface area contributed by atoms with Gasteiger partial charge in [-0.15, -0.1) is 11.3 Å². The van der Waals surface area contributed by atoms with Crippen LogP contribution in [0.3, 0.4) is 0 Å². The van der Waals surface area contributed by atoms with E-state index in [9.17, 15) is 4.79 Å². The molecule has 0 aliphatic heterocycles. The van der Waals surface area contributed by atoms with Gasteiger partial charge in [0.1, 0.15) is 5.00 Å². The van der Waals surface area contributed by atoms with E-state index in [1.54, 1.807) is 7.11 Å². The zero-order valence-corrected chi connectivity index (χ0v) is 12.6. The van der Waals surface area contributed by atoms with Gasteiger partial charge in [0.2, 0.25) is 0 Å². The first-order valence-electron chi connectivity index (χ1n) is 6.88. The number of methoxy groups -OCH3 is 1. The quantitative estimate of drug-likeness (QED) is 0.751. The monoisotopic (exact) mass is 282 g/mol. The molecule has 0 spiro atoms. The highest BCUT2D eigenvalue weighted by Crippen LogP contribution is 2.46. The van der Waals surface area contributed by atoms with E-state index in [1.165, 1.54) is 30.6 Å². The van der Waals surface area contributed by atoms with Crippen LogP contribution in [0, 0.1) is 5.92 Å². The Kier molecular flexibility index (Phi) is 4.34. The predicted octanol–water partition coefficient (Wildman–Crippen LogP) is 3.53. The summed E-state index contributed by atoms with van der Waals surface area (Å²) in [6, 6.07) is 0.511. The molecule has 0 amide bonds. The Bertz CT molecular complexity index is 470. The smallest absolute Gasteiger partial charge is 0.176 e. The summed E-state index contributed by atoms with van der Waals surface area (Å²) in [5.74, 6) is 1.46. The van der Waals surface area contributed by atoms with E-state index in [2.05, 4.69) is 12.2 Å². The third-order valence-corrected chi connectivity index (χ3v) is 4.74. The number of nitrogens with two attached hydrogens (primary N) is 1. The number of carbonyl (C=O) groups is 1. The van der Waals surface area contributed by atoms with Crippen LogP contribution >= 0.6 is 11.3 Å². The molecule has 4 nitrogen and oxygen atoms in total. The fourth-order valence-corrected chi connectivity index (χ4v) is 3.54. The number of ketones is 1. The zero-order chi connectivity index (χ0) is 14.0. The van der Waals surface area contributed by atoms with E-state index in [0.717, 1.165) is 10.9 Å². The summed E-state index contributed by atoms with van der Waals surface area (Å²) in [7, 11) is 1.60. The minimum absolute atomic E-state index is 0.0785. The number of Topliss-reactive ketones (excluding diaryl/α,β-unsaturated/α-hetero) is 1. The summed E-state index contributed by atoms with van der Waals surface area (Å²) in [5, 5.41) is 4.37. The molecule has 0 bridgehead atoms. The van der Waals surface area contributed by atoms with Crippen LogP contribution in [-0.4, -0.2) is 18.9 Å². The van der Waals surface area contributed by atoms with Crippen LogP contribution in [0.25, 0.3) is 0 Å². The molecule has 5 heteroatoms. The second-order valence-corrected chi connectivity index (χ2v) is 6.04. The van der Waals surface area contributed by atoms with Crippen LogP contribution in [-0.2, 0) is 0 Å². The van der Waals surface area contributed by atoms with Gasteiger partial charge in [0.25, 0.3) is 0 Å². The van der Waals surface area contributed by atoms with Gasteiger partial charge < -0.3 is 15.8 Å². The molecule has 2 atom stereocenters. The second kappa shape index (κ2) is 5.82. The standard InChI is InChI=1S/C14H22N2O2S/c1-4-6-8-7-9(8)16-14-12(18-3)11(15)13(19-14)10(17)5-2/h8-9,16H,4-7,15H2,1-3H3. The molecule has 0 aromatic carbocycles. The minimum Gasteiger partial charge on any atom is -0.492 e. The first-order valence-corrected chi connectivity index (χ1v) is 7.69. The molecule has 106 valence electrons. The van der Waals surface area contributed by atoms with Gasteiger partial charge in [-0.3, -0.25) is 4.79 Å². The Morgan fingerprint density at radius 3 is 2.84 bits per heavy atom. The highest BCUT2D eigenvalue weighted by molar-refractivity contribution is 7.19. The van der Waals surface area contributed by atoms with E-state index in [1.807, 2.05) is 6.92 Å². The topological polar surface area (TPSA) is 64.4 Å². The maximum atomic E-state index is 11.8. The Labute approximate surface area is 118 Å². The van der Waals surface area contributed by atoms with Gasteiger partial charge >= 0.3 is 0 Å². The number of anilines is 2. The summed E-state index contributed by atoms with van der Waals surface area (Å²) >= 11 is 1.42. The van der Waals surface area contributed by atoms with Crippen LogP contribution in [0.15, 0.2) is 0 Å². The molecule has 0 saturated heterocycles. The first kappa shape index (κ1) is 14.2. The predicted molar refractivity (Wildman–Crippen MR) is 80.3 cm³/mol. The lowest BCUT2D eigenvalue weighted by Gasteiger charge is -2.06. The minimum atomic E-state index is 0.0785. The fourth-order valence-electron chi connectivity index (χ4n) is 2.38. The molecule has 0 radical (unpaired) electrons. The van der Waals surface area contributed by atoms with Gasteiger partial charge in [-0.05, 0) is 18.8 Å². The Morgan fingerprint density at radius 1 is 1.53 bits per heavy atom. The van der Waals surface area contributed by atoms with E-state index < -0.39 is 0 Å². The van der Waals surface area contributed by atoms with E-state index in [4.69, 9.17) is 10.5 Å². The van der Waals surface area contributed by atoms with Crippen molar-refractivity contribution in [1.82, 2.24) is 0 Å². The highest BCUT2D eigenvalue weighted by atomic mass is 32.1. The molecule has 2 unspecified atom stereocenters. The van der Waals surface area contributed by atoms with Crippen molar-refractivity contribution in [3.8, 4) is 5.75 Å². The van der Waals surface area contributed by atoms with Gasteiger partial charge in [0.05, 0.1) is 17.7 Å². The van der Waals surface area contributed by atoms with Crippen molar-refractivity contribution in [3.05, 3.63) is 4.88 Å². The third kappa shape index (κ3) is 2.86. The van der Waals surface area contributed by atoms with Crippen molar-refractivity contribution >= 4 is 27.8 Å². The third-order valence-electron chi connectivity index (χ3n) is 3.58. The zero-order valence-electron chi connectivity index (χ0n) is 11.8. The average Bonchev–Trinajstić information content (AvgIpc) is 3.04. The number of thiophene rings is 1. The maximum absolute atomic E-state index is 11.8. The fraction of sp³-hybridized carbons (Fsp3) is 0.643. The van der Waals surface area contributed by atoms with Crippen molar-refractivity contribution < 1.29 is 9.53 Å².